The van der Waals surface area contributed by atoms with Crippen LogP contribution in [0.4, 0.5) is 4.39 Å². The van der Waals surface area contributed by atoms with Crippen LogP contribution >= 0.6 is 15.9 Å². The number of hydrogen-bond acceptors (Lipinski definition) is 6. The summed E-state index contributed by atoms with van der Waals surface area (Å²) in [5, 5.41) is 9.76. The summed E-state index contributed by atoms with van der Waals surface area (Å²) in [6.45, 7) is 6.96. The van der Waals surface area contributed by atoms with Gasteiger partial charge in [0.05, 0.1) is 24.8 Å². The lowest BCUT2D eigenvalue weighted by Gasteiger charge is -2.34. The summed E-state index contributed by atoms with van der Waals surface area (Å²) in [7, 11) is -0.778. The van der Waals surface area contributed by atoms with Crippen LogP contribution in [0.1, 0.15) is 45.6 Å². The van der Waals surface area contributed by atoms with Gasteiger partial charge in [-0.25, -0.2) is 4.39 Å². The molecule has 0 amide bonds. The van der Waals surface area contributed by atoms with Crippen molar-refractivity contribution in [3.63, 3.8) is 0 Å². The van der Waals surface area contributed by atoms with Crippen molar-refractivity contribution in [1.29, 1.82) is 5.26 Å². The highest BCUT2D eigenvalue weighted by Gasteiger charge is 2.38. The third-order valence-corrected chi connectivity index (χ3v) is 8.80. The van der Waals surface area contributed by atoms with E-state index < -0.39 is 38.2 Å². The molecule has 1 aliphatic heterocycles. The number of hydrogen-bond donors (Lipinski definition) is 1. The Morgan fingerprint density at radius 3 is 2.81 bits per heavy atom. The summed E-state index contributed by atoms with van der Waals surface area (Å²) in [5.74, 6) is -0.0831. The molecule has 1 aromatic rings. The van der Waals surface area contributed by atoms with Crippen LogP contribution in [0.3, 0.4) is 0 Å². The lowest BCUT2D eigenvalue weighted by molar-refractivity contribution is -0.160. The first kappa shape index (κ1) is 26.7. The van der Waals surface area contributed by atoms with Crippen LogP contribution in [0.15, 0.2) is 27.0 Å². The van der Waals surface area contributed by atoms with Crippen molar-refractivity contribution in [1.82, 2.24) is 4.72 Å². The fraction of sp³-hybridized carbons (Fsp3) is 0.667. The molecule has 31 heavy (non-hydrogen) atoms. The largest absolute Gasteiger partial charge is 0.598 e. The van der Waals surface area contributed by atoms with Crippen LogP contribution in [0.2, 0.25) is 0 Å². The molecule has 1 fully saturated rings. The van der Waals surface area contributed by atoms with Gasteiger partial charge in [0.2, 0.25) is 0 Å². The molecule has 174 valence electrons. The van der Waals surface area contributed by atoms with Gasteiger partial charge in [0.25, 0.3) is 0 Å². The number of nitrogens with zero attached hydrogens (tertiary/aromatic N) is 2. The molecule has 2 rings (SSSR count). The Labute approximate surface area is 198 Å². The Bertz CT molecular complexity index is 814. The van der Waals surface area contributed by atoms with E-state index in [9.17, 15) is 14.2 Å². The maximum atomic E-state index is 14.8. The lowest BCUT2D eigenvalue weighted by atomic mass is 9.95. The minimum absolute atomic E-state index is 0.195. The molecular formula is C21H31BrFN3O3S2. The maximum Gasteiger partial charge on any atom is 0.157 e. The Kier molecular flexibility index (Phi) is 10.4. The van der Waals surface area contributed by atoms with Gasteiger partial charge >= 0.3 is 0 Å². The Morgan fingerprint density at radius 1 is 1.45 bits per heavy atom. The zero-order chi connectivity index (χ0) is 23.1. The van der Waals surface area contributed by atoms with E-state index >= 15 is 0 Å². The first-order chi connectivity index (χ1) is 14.6. The van der Waals surface area contributed by atoms with Gasteiger partial charge in [-0.3, -0.25) is 4.36 Å². The van der Waals surface area contributed by atoms with Crippen molar-refractivity contribution in [2.24, 2.45) is 4.36 Å². The van der Waals surface area contributed by atoms with Crippen molar-refractivity contribution < 1.29 is 18.4 Å². The Morgan fingerprint density at radius 2 is 2.19 bits per heavy atom. The number of ether oxygens (including phenoxy) is 2. The van der Waals surface area contributed by atoms with E-state index in [1.54, 1.807) is 19.1 Å². The van der Waals surface area contributed by atoms with Gasteiger partial charge in [0, 0.05) is 33.8 Å². The van der Waals surface area contributed by atoms with E-state index in [4.69, 9.17) is 13.8 Å². The Hall–Kier alpha value is -0.540. The zero-order valence-corrected chi connectivity index (χ0v) is 21.7. The van der Waals surface area contributed by atoms with Gasteiger partial charge < -0.3 is 14.0 Å². The first-order valence-corrected chi connectivity index (χ1v) is 13.9. The standard InChI is InChI=1S/C21H31BrFN3O3S2/c1-20(2,14-24)31(25-10-12-29-19-7-5-6-11-28-19)15-21(3,26-30(4)27)17-13-16(22)8-9-18(17)23/h8-9,13,19,26H,5-7,10-12,15H2,1-4H3/t19?,21-,30?,31?/m0/s1. The average Bonchev–Trinajstić information content (AvgIpc) is 2.72. The van der Waals surface area contributed by atoms with E-state index in [2.05, 4.69) is 26.7 Å². The Balaban J connectivity index is 2.26. The van der Waals surface area contributed by atoms with Gasteiger partial charge in [-0.05, 0) is 58.2 Å². The molecule has 1 aliphatic rings. The number of benzene rings is 1. The highest BCUT2D eigenvalue weighted by molar-refractivity contribution is 9.10. The predicted octanol–water partition coefficient (Wildman–Crippen LogP) is 4.33. The quantitative estimate of drug-likeness (QED) is 0.355. The molecule has 4 atom stereocenters. The molecular weight excluding hydrogens is 505 g/mol. The molecule has 3 unspecified atom stereocenters. The van der Waals surface area contributed by atoms with Gasteiger partial charge in [-0.1, -0.05) is 26.6 Å². The number of nitrogens with one attached hydrogen (secondary N) is 1. The van der Waals surface area contributed by atoms with Crippen LogP contribution in [0.5, 0.6) is 0 Å². The lowest BCUT2D eigenvalue weighted by Crippen LogP contribution is -2.49. The van der Waals surface area contributed by atoms with E-state index in [1.165, 1.54) is 12.3 Å². The molecule has 1 N–H and O–H groups in total. The van der Waals surface area contributed by atoms with Crippen LogP contribution < -0.4 is 4.72 Å². The molecule has 0 spiro atoms. The maximum absolute atomic E-state index is 14.8. The van der Waals surface area contributed by atoms with Crippen molar-refractivity contribution in [3.8, 4) is 6.07 Å². The zero-order valence-electron chi connectivity index (χ0n) is 18.5. The summed E-state index contributed by atoms with van der Waals surface area (Å²) in [4.78, 5) is 0. The topological polar surface area (TPSA) is 89.7 Å². The van der Waals surface area contributed by atoms with E-state index in [1.807, 2.05) is 13.8 Å². The molecule has 1 heterocycles. The van der Waals surface area contributed by atoms with Crippen molar-refractivity contribution in [2.75, 3.05) is 31.8 Å². The molecule has 1 saturated heterocycles. The summed E-state index contributed by atoms with van der Waals surface area (Å²) in [5.41, 5.74) is -0.605. The second kappa shape index (κ2) is 12.1. The molecule has 0 bridgehead atoms. The van der Waals surface area contributed by atoms with Crippen LogP contribution in [-0.4, -0.2) is 47.4 Å². The summed E-state index contributed by atoms with van der Waals surface area (Å²) in [6, 6.07) is 7.01. The second-order valence-corrected chi connectivity index (χ2v) is 12.5. The fourth-order valence-corrected chi connectivity index (χ4v) is 6.51. The molecule has 0 saturated carbocycles. The van der Waals surface area contributed by atoms with Crippen molar-refractivity contribution in [2.45, 2.75) is 56.6 Å². The normalized spacial score (nSPS) is 21.3. The summed E-state index contributed by atoms with van der Waals surface area (Å²) in [6.07, 6.45) is 4.34. The molecule has 1 aromatic carbocycles. The van der Waals surface area contributed by atoms with Crippen LogP contribution in [0, 0.1) is 17.1 Å². The smallest absolute Gasteiger partial charge is 0.157 e. The average molecular weight is 537 g/mol. The number of halogens is 2. The molecule has 0 aliphatic carbocycles. The van der Waals surface area contributed by atoms with Gasteiger partial charge in [-0.2, -0.15) is 5.26 Å². The molecule has 10 heteroatoms. The summed E-state index contributed by atoms with van der Waals surface area (Å²) < 4.78 is 45.9. The minimum Gasteiger partial charge on any atom is -0.598 e. The van der Waals surface area contributed by atoms with Gasteiger partial charge in [-0.15, -0.1) is 4.72 Å². The van der Waals surface area contributed by atoms with Crippen LogP contribution in [-0.2, 0) is 37.1 Å². The molecule has 0 radical (unpaired) electrons. The van der Waals surface area contributed by atoms with Crippen molar-refractivity contribution in [3.05, 3.63) is 34.1 Å². The first-order valence-electron chi connectivity index (χ1n) is 10.2. The summed E-state index contributed by atoms with van der Waals surface area (Å²) >= 11 is 1.99. The third-order valence-electron chi connectivity index (χ3n) is 4.96. The highest BCUT2D eigenvalue weighted by atomic mass is 79.9. The third kappa shape index (κ3) is 8.07. The fourth-order valence-electron chi connectivity index (χ4n) is 3.29. The van der Waals surface area contributed by atoms with E-state index in [0.717, 1.165) is 23.7 Å². The van der Waals surface area contributed by atoms with Crippen molar-refractivity contribution >= 4 is 38.0 Å². The van der Waals surface area contributed by atoms with E-state index in [0.29, 0.717) is 31.1 Å². The van der Waals surface area contributed by atoms with E-state index in [-0.39, 0.29) is 6.29 Å². The monoisotopic (exact) mass is 535 g/mol. The predicted molar refractivity (Wildman–Crippen MR) is 127 cm³/mol. The minimum atomic E-state index is -1.40. The van der Waals surface area contributed by atoms with Crippen LogP contribution in [0.25, 0.3) is 0 Å². The number of nitriles is 1. The molecule has 0 aromatic heterocycles. The number of rotatable bonds is 10. The van der Waals surface area contributed by atoms with Gasteiger partial charge in [0.15, 0.2) is 6.29 Å². The molecule has 6 nitrogen and oxygen atoms in total. The highest BCUT2D eigenvalue weighted by Crippen LogP contribution is 2.31. The second-order valence-electron chi connectivity index (χ2n) is 8.16. The SMILES string of the molecule is C[S+]([O-])N[C@@](C)(CS(=NCCOC1CCCCO1)C(C)(C)C#N)c1cc(Br)ccc1F. The van der Waals surface area contributed by atoms with Gasteiger partial charge in [0.1, 0.15) is 16.8 Å².